The first kappa shape index (κ1) is 14.0. The van der Waals surface area contributed by atoms with Crippen molar-refractivity contribution in [2.45, 2.75) is 25.8 Å². The number of nitrogens with one attached hydrogen (secondary N) is 1. The Morgan fingerprint density at radius 3 is 2.83 bits per heavy atom. The van der Waals surface area contributed by atoms with Gasteiger partial charge in [-0.25, -0.2) is 4.39 Å². The molecule has 1 rings (SSSR count). The standard InChI is InChI=1S/C11H14FN3O3/c1-2-3-8(13)11(16)14-9-5-4-7(12)6-10(9)15(17)18/h4-6,8H,2-3,13H2,1H3,(H,14,16)/t8-/m0/s1. The maximum Gasteiger partial charge on any atom is 0.295 e. The largest absolute Gasteiger partial charge is 0.320 e. The summed E-state index contributed by atoms with van der Waals surface area (Å²) in [4.78, 5) is 21.6. The number of nitrogens with two attached hydrogens (primary N) is 1. The van der Waals surface area contributed by atoms with Gasteiger partial charge in [0.1, 0.15) is 11.5 Å². The lowest BCUT2D eigenvalue weighted by atomic mass is 10.1. The molecule has 0 spiro atoms. The van der Waals surface area contributed by atoms with Gasteiger partial charge in [0, 0.05) is 0 Å². The van der Waals surface area contributed by atoms with Crippen molar-refractivity contribution in [2.24, 2.45) is 5.73 Å². The molecule has 0 radical (unpaired) electrons. The summed E-state index contributed by atoms with van der Waals surface area (Å²) in [6.45, 7) is 1.87. The van der Waals surface area contributed by atoms with Gasteiger partial charge in [-0.15, -0.1) is 0 Å². The Kier molecular flexibility index (Phi) is 4.73. The number of carbonyl (C=O) groups excluding carboxylic acids is 1. The highest BCUT2D eigenvalue weighted by Crippen LogP contribution is 2.25. The molecule has 18 heavy (non-hydrogen) atoms. The third kappa shape index (κ3) is 3.49. The molecule has 1 aromatic carbocycles. The number of anilines is 1. The van der Waals surface area contributed by atoms with Gasteiger partial charge in [-0.1, -0.05) is 13.3 Å². The van der Waals surface area contributed by atoms with Crippen LogP contribution in [0.1, 0.15) is 19.8 Å². The fourth-order valence-electron chi connectivity index (χ4n) is 1.43. The van der Waals surface area contributed by atoms with Crippen molar-refractivity contribution in [1.82, 2.24) is 0 Å². The summed E-state index contributed by atoms with van der Waals surface area (Å²) in [5.41, 5.74) is 5.02. The SMILES string of the molecule is CCC[C@H](N)C(=O)Nc1ccc(F)cc1[N+](=O)[O-]. The van der Waals surface area contributed by atoms with Crippen LogP contribution in [0, 0.1) is 15.9 Å². The highest BCUT2D eigenvalue weighted by Gasteiger charge is 2.19. The topological polar surface area (TPSA) is 98.3 Å². The van der Waals surface area contributed by atoms with Crippen LogP contribution in [-0.4, -0.2) is 16.9 Å². The molecular formula is C11H14FN3O3. The van der Waals surface area contributed by atoms with E-state index in [1.54, 1.807) is 0 Å². The third-order valence-electron chi connectivity index (χ3n) is 2.35. The van der Waals surface area contributed by atoms with E-state index in [9.17, 15) is 19.3 Å². The van der Waals surface area contributed by atoms with Gasteiger partial charge in [-0.05, 0) is 18.6 Å². The number of hydrogen-bond donors (Lipinski definition) is 2. The van der Waals surface area contributed by atoms with Crippen LogP contribution in [0.5, 0.6) is 0 Å². The van der Waals surface area contributed by atoms with Crippen LogP contribution in [0.3, 0.4) is 0 Å². The van der Waals surface area contributed by atoms with Crippen LogP contribution in [0.15, 0.2) is 18.2 Å². The van der Waals surface area contributed by atoms with Crippen molar-refractivity contribution in [3.8, 4) is 0 Å². The Morgan fingerprint density at radius 1 is 1.61 bits per heavy atom. The molecule has 6 nitrogen and oxygen atoms in total. The van der Waals surface area contributed by atoms with Crippen LogP contribution in [0.2, 0.25) is 0 Å². The van der Waals surface area contributed by atoms with E-state index < -0.39 is 28.4 Å². The Labute approximate surface area is 103 Å². The average Bonchev–Trinajstić information content (AvgIpc) is 2.31. The number of benzene rings is 1. The molecule has 0 aliphatic rings. The van der Waals surface area contributed by atoms with E-state index in [1.807, 2.05) is 6.92 Å². The van der Waals surface area contributed by atoms with Crippen molar-refractivity contribution < 1.29 is 14.1 Å². The number of carbonyl (C=O) groups is 1. The minimum absolute atomic E-state index is 0.0575. The molecule has 1 amide bonds. The molecule has 1 atom stereocenters. The van der Waals surface area contributed by atoms with Gasteiger partial charge in [0.15, 0.2) is 0 Å². The van der Waals surface area contributed by atoms with Crippen LogP contribution < -0.4 is 11.1 Å². The number of hydrogen-bond acceptors (Lipinski definition) is 4. The second-order valence-electron chi connectivity index (χ2n) is 3.80. The molecule has 3 N–H and O–H groups in total. The van der Waals surface area contributed by atoms with Crippen LogP contribution >= 0.6 is 0 Å². The first-order valence-corrected chi connectivity index (χ1v) is 5.46. The first-order chi connectivity index (χ1) is 8.45. The number of halogens is 1. The molecule has 0 heterocycles. The monoisotopic (exact) mass is 255 g/mol. The Hall–Kier alpha value is -2.02. The lowest BCUT2D eigenvalue weighted by Gasteiger charge is -2.11. The predicted molar refractivity (Wildman–Crippen MR) is 64.6 cm³/mol. The molecule has 0 saturated heterocycles. The van der Waals surface area contributed by atoms with E-state index in [0.29, 0.717) is 6.42 Å². The van der Waals surface area contributed by atoms with E-state index in [1.165, 1.54) is 0 Å². The Balaban J connectivity index is 2.90. The summed E-state index contributed by atoms with van der Waals surface area (Å²) >= 11 is 0. The van der Waals surface area contributed by atoms with E-state index in [-0.39, 0.29) is 5.69 Å². The van der Waals surface area contributed by atoms with Crippen molar-refractivity contribution >= 4 is 17.3 Å². The normalized spacial score (nSPS) is 11.9. The summed E-state index contributed by atoms with van der Waals surface area (Å²) in [5, 5.41) is 13.0. The molecule has 0 fully saturated rings. The minimum atomic E-state index is -0.760. The van der Waals surface area contributed by atoms with Gasteiger partial charge >= 0.3 is 0 Å². The number of nitro benzene ring substituents is 1. The van der Waals surface area contributed by atoms with Crippen LogP contribution in [-0.2, 0) is 4.79 Å². The minimum Gasteiger partial charge on any atom is -0.320 e. The highest BCUT2D eigenvalue weighted by molar-refractivity contribution is 5.96. The third-order valence-corrected chi connectivity index (χ3v) is 2.35. The zero-order valence-corrected chi connectivity index (χ0v) is 9.85. The Morgan fingerprint density at radius 2 is 2.28 bits per heavy atom. The van der Waals surface area contributed by atoms with Crippen LogP contribution in [0.25, 0.3) is 0 Å². The average molecular weight is 255 g/mol. The zero-order chi connectivity index (χ0) is 13.7. The fourth-order valence-corrected chi connectivity index (χ4v) is 1.43. The van der Waals surface area contributed by atoms with Crippen molar-refractivity contribution in [3.05, 3.63) is 34.1 Å². The van der Waals surface area contributed by atoms with E-state index in [4.69, 9.17) is 5.73 Å². The van der Waals surface area contributed by atoms with Gasteiger partial charge in [-0.2, -0.15) is 0 Å². The van der Waals surface area contributed by atoms with Crippen molar-refractivity contribution in [1.29, 1.82) is 0 Å². The Bertz CT molecular complexity index is 465. The zero-order valence-electron chi connectivity index (χ0n) is 9.85. The molecule has 1 aromatic rings. The quantitative estimate of drug-likeness (QED) is 0.619. The predicted octanol–water partition coefficient (Wildman–Crippen LogP) is 1.80. The van der Waals surface area contributed by atoms with Gasteiger partial charge in [0.05, 0.1) is 17.0 Å². The summed E-state index contributed by atoms with van der Waals surface area (Å²) in [7, 11) is 0. The first-order valence-electron chi connectivity index (χ1n) is 5.46. The number of rotatable bonds is 5. The van der Waals surface area contributed by atoms with E-state index in [0.717, 1.165) is 24.6 Å². The second-order valence-corrected chi connectivity index (χ2v) is 3.80. The molecule has 0 aromatic heterocycles. The maximum absolute atomic E-state index is 12.9. The van der Waals surface area contributed by atoms with E-state index in [2.05, 4.69) is 5.32 Å². The molecule has 0 aliphatic carbocycles. The smallest absolute Gasteiger partial charge is 0.295 e. The van der Waals surface area contributed by atoms with Crippen molar-refractivity contribution in [3.63, 3.8) is 0 Å². The summed E-state index contributed by atoms with van der Waals surface area (Å²) in [6, 6.07) is 2.19. The summed E-state index contributed by atoms with van der Waals surface area (Å²) in [5.74, 6) is -1.26. The summed E-state index contributed by atoms with van der Waals surface area (Å²) in [6.07, 6.45) is 1.20. The molecule has 0 saturated carbocycles. The lowest BCUT2D eigenvalue weighted by molar-refractivity contribution is -0.384. The molecule has 0 bridgehead atoms. The summed E-state index contributed by atoms with van der Waals surface area (Å²) < 4.78 is 12.9. The van der Waals surface area contributed by atoms with Crippen molar-refractivity contribution in [2.75, 3.05) is 5.32 Å². The molecule has 7 heteroatoms. The van der Waals surface area contributed by atoms with Gasteiger partial charge in [0.25, 0.3) is 5.69 Å². The van der Waals surface area contributed by atoms with Gasteiger partial charge < -0.3 is 11.1 Å². The molecule has 0 unspecified atom stereocenters. The molecular weight excluding hydrogens is 241 g/mol. The van der Waals surface area contributed by atoms with Gasteiger partial charge in [-0.3, -0.25) is 14.9 Å². The highest BCUT2D eigenvalue weighted by atomic mass is 19.1. The van der Waals surface area contributed by atoms with E-state index >= 15 is 0 Å². The molecule has 0 aliphatic heterocycles. The number of nitrogens with zero attached hydrogens (tertiary/aromatic N) is 1. The number of nitro groups is 1. The van der Waals surface area contributed by atoms with Gasteiger partial charge in [0.2, 0.25) is 5.91 Å². The van der Waals surface area contributed by atoms with Crippen LogP contribution in [0.4, 0.5) is 15.8 Å². The number of amides is 1. The molecule has 98 valence electrons. The lowest BCUT2D eigenvalue weighted by Crippen LogP contribution is -2.35. The second kappa shape index (κ2) is 6.06. The maximum atomic E-state index is 12.9. The fraction of sp³-hybridized carbons (Fsp3) is 0.364.